The van der Waals surface area contributed by atoms with Crippen LogP contribution < -0.4 is 14.8 Å². The molecule has 1 atom stereocenters. The number of anilines is 1. The first-order valence-corrected chi connectivity index (χ1v) is 10.0. The Kier molecular flexibility index (Phi) is 5.61. The molecule has 0 bridgehead atoms. The standard InChI is InChI=1S/C25H26N2O3/c1-17-8-10-19(11-9-17)24-21-7-5-4-6-18(21)14-15-27(24)25(28)26-20-12-13-22(29-2)23(16-20)30-3/h4-13,16,24H,14-15H2,1-3H3,(H,26,28). The number of nitrogens with zero attached hydrogens (tertiary/aromatic N) is 1. The minimum Gasteiger partial charge on any atom is -0.493 e. The Balaban J connectivity index is 1.66. The van der Waals surface area contributed by atoms with Gasteiger partial charge in [-0.25, -0.2) is 4.79 Å². The van der Waals surface area contributed by atoms with Gasteiger partial charge in [-0.05, 0) is 42.2 Å². The molecule has 0 aromatic heterocycles. The summed E-state index contributed by atoms with van der Waals surface area (Å²) in [4.78, 5) is 15.2. The van der Waals surface area contributed by atoms with Crippen molar-refractivity contribution in [2.75, 3.05) is 26.1 Å². The molecule has 0 fully saturated rings. The molecule has 154 valence electrons. The van der Waals surface area contributed by atoms with Crippen LogP contribution in [0.5, 0.6) is 11.5 Å². The molecule has 4 rings (SSSR count). The van der Waals surface area contributed by atoms with Crippen molar-refractivity contribution in [3.05, 3.63) is 89.0 Å². The molecule has 3 aromatic carbocycles. The lowest BCUT2D eigenvalue weighted by molar-refractivity contribution is 0.194. The molecule has 1 heterocycles. The van der Waals surface area contributed by atoms with Crippen molar-refractivity contribution in [1.82, 2.24) is 4.90 Å². The summed E-state index contributed by atoms with van der Waals surface area (Å²) in [5.41, 5.74) is 5.44. The fourth-order valence-corrected chi connectivity index (χ4v) is 4.00. The zero-order chi connectivity index (χ0) is 21.1. The maximum Gasteiger partial charge on any atom is 0.322 e. The van der Waals surface area contributed by atoms with E-state index >= 15 is 0 Å². The molecule has 30 heavy (non-hydrogen) atoms. The lowest BCUT2D eigenvalue weighted by Crippen LogP contribution is -2.43. The van der Waals surface area contributed by atoms with Crippen molar-refractivity contribution in [2.45, 2.75) is 19.4 Å². The molecule has 3 aromatic rings. The minimum absolute atomic E-state index is 0.129. The van der Waals surface area contributed by atoms with Gasteiger partial charge in [-0.3, -0.25) is 0 Å². The third-order valence-electron chi connectivity index (χ3n) is 5.57. The van der Waals surface area contributed by atoms with Gasteiger partial charge < -0.3 is 19.7 Å². The molecule has 5 heteroatoms. The average Bonchev–Trinajstić information content (AvgIpc) is 2.78. The lowest BCUT2D eigenvalue weighted by atomic mass is 9.88. The van der Waals surface area contributed by atoms with E-state index in [-0.39, 0.29) is 12.1 Å². The summed E-state index contributed by atoms with van der Waals surface area (Å²) in [6.07, 6.45) is 0.831. The number of benzene rings is 3. The molecule has 0 saturated carbocycles. The maximum absolute atomic E-state index is 13.3. The number of carbonyl (C=O) groups is 1. The Morgan fingerprint density at radius 3 is 2.43 bits per heavy atom. The molecule has 0 saturated heterocycles. The Morgan fingerprint density at radius 1 is 0.967 bits per heavy atom. The maximum atomic E-state index is 13.3. The van der Waals surface area contributed by atoms with E-state index in [0.29, 0.717) is 23.7 Å². The largest absolute Gasteiger partial charge is 0.493 e. The first-order valence-electron chi connectivity index (χ1n) is 10.0. The van der Waals surface area contributed by atoms with E-state index in [4.69, 9.17) is 9.47 Å². The molecule has 0 spiro atoms. The molecule has 1 unspecified atom stereocenters. The SMILES string of the molecule is COc1ccc(NC(=O)N2CCc3ccccc3C2c2ccc(C)cc2)cc1OC. The van der Waals surface area contributed by atoms with Gasteiger partial charge in [0.2, 0.25) is 0 Å². The van der Waals surface area contributed by atoms with Crippen molar-refractivity contribution >= 4 is 11.7 Å². The van der Waals surface area contributed by atoms with Crippen LogP contribution in [0.25, 0.3) is 0 Å². The van der Waals surface area contributed by atoms with Gasteiger partial charge in [0.1, 0.15) is 0 Å². The van der Waals surface area contributed by atoms with Crippen LogP contribution in [0.4, 0.5) is 10.5 Å². The summed E-state index contributed by atoms with van der Waals surface area (Å²) in [5.74, 6) is 1.20. The number of carbonyl (C=O) groups excluding carboxylic acids is 1. The minimum atomic E-state index is -0.137. The number of ether oxygens (including phenoxy) is 2. The molecule has 2 amide bonds. The number of amides is 2. The Labute approximate surface area is 177 Å². The first kappa shape index (κ1) is 19.8. The third kappa shape index (κ3) is 3.83. The Morgan fingerprint density at radius 2 is 1.70 bits per heavy atom. The first-order chi connectivity index (χ1) is 14.6. The second-order valence-electron chi connectivity index (χ2n) is 7.46. The smallest absolute Gasteiger partial charge is 0.322 e. The highest BCUT2D eigenvalue weighted by molar-refractivity contribution is 5.90. The van der Waals surface area contributed by atoms with Crippen molar-refractivity contribution in [3.8, 4) is 11.5 Å². The molecule has 5 nitrogen and oxygen atoms in total. The number of rotatable bonds is 4. The number of hydrogen-bond donors (Lipinski definition) is 1. The van der Waals surface area contributed by atoms with Gasteiger partial charge >= 0.3 is 6.03 Å². The number of urea groups is 1. The van der Waals surface area contributed by atoms with Crippen LogP contribution in [-0.4, -0.2) is 31.7 Å². The fraction of sp³-hybridized carbons (Fsp3) is 0.240. The molecule has 1 N–H and O–H groups in total. The quantitative estimate of drug-likeness (QED) is 0.653. The second-order valence-corrected chi connectivity index (χ2v) is 7.46. The summed E-state index contributed by atoms with van der Waals surface area (Å²) in [5, 5.41) is 3.03. The molecular weight excluding hydrogens is 376 g/mol. The summed E-state index contributed by atoms with van der Waals surface area (Å²) >= 11 is 0. The van der Waals surface area contributed by atoms with Gasteiger partial charge in [0.15, 0.2) is 11.5 Å². The number of methoxy groups -OCH3 is 2. The number of fused-ring (bicyclic) bond motifs is 1. The van der Waals surface area contributed by atoms with Gasteiger partial charge in [-0.1, -0.05) is 54.1 Å². The summed E-state index contributed by atoms with van der Waals surface area (Å²) < 4.78 is 10.7. The number of nitrogens with one attached hydrogen (secondary N) is 1. The zero-order valence-electron chi connectivity index (χ0n) is 17.5. The van der Waals surface area contributed by atoms with Gasteiger partial charge in [0, 0.05) is 18.3 Å². The predicted octanol–water partition coefficient (Wildman–Crippen LogP) is 5.19. The Bertz CT molecular complexity index is 1050. The second kappa shape index (κ2) is 8.49. The van der Waals surface area contributed by atoms with Crippen molar-refractivity contribution in [1.29, 1.82) is 0 Å². The van der Waals surface area contributed by atoms with E-state index in [1.54, 1.807) is 26.4 Å². The average molecular weight is 402 g/mol. The summed E-state index contributed by atoms with van der Waals surface area (Å²) in [7, 11) is 3.17. The fourth-order valence-electron chi connectivity index (χ4n) is 4.00. The summed E-state index contributed by atoms with van der Waals surface area (Å²) in [6.45, 7) is 2.72. The van der Waals surface area contributed by atoms with Crippen LogP contribution in [0.1, 0.15) is 28.3 Å². The highest BCUT2D eigenvalue weighted by Gasteiger charge is 2.32. The van der Waals surface area contributed by atoms with Crippen LogP contribution >= 0.6 is 0 Å². The van der Waals surface area contributed by atoms with Crippen LogP contribution in [0.15, 0.2) is 66.7 Å². The van der Waals surface area contributed by atoms with Crippen molar-refractivity contribution in [3.63, 3.8) is 0 Å². The molecular formula is C25H26N2O3. The van der Waals surface area contributed by atoms with E-state index in [1.165, 1.54) is 16.7 Å². The summed E-state index contributed by atoms with van der Waals surface area (Å²) in [6, 6.07) is 21.9. The monoisotopic (exact) mass is 402 g/mol. The van der Waals surface area contributed by atoms with Gasteiger partial charge in [-0.2, -0.15) is 0 Å². The van der Waals surface area contributed by atoms with Gasteiger partial charge in [0.25, 0.3) is 0 Å². The van der Waals surface area contributed by atoms with Gasteiger partial charge in [-0.15, -0.1) is 0 Å². The highest BCUT2D eigenvalue weighted by atomic mass is 16.5. The van der Waals surface area contributed by atoms with E-state index in [0.717, 1.165) is 12.0 Å². The van der Waals surface area contributed by atoms with Crippen molar-refractivity contribution in [2.24, 2.45) is 0 Å². The topological polar surface area (TPSA) is 50.8 Å². The molecule has 1 aliphatic rings. The van der Waals surface area contributed by atoms with Gasteiger partial charge in [0.05, 0.1) is 20.3 Å². The highest BCUT2D eigenvalue weighted by Crippen LogP contribution is 2.36. The van der Waals surface area contributed by atoms with E-state index in [2.05, 4.69) is 54.7 Å². The van der Waals surface area contributed by atoms with Crippen LogP contribution in [0.2, 0.25) is 0 Å². The van der Waals surface area contributed by atoms with Crippen molar-refractivity contribution < 1.29 is 14.3 Å². The zero-order valence-corrected chi connectivity index (χ0v) is 17.5. The Hall–Kier alpha value is -3.47. The molecule has 0 aliphatic carbocycles. The van der Waals surface area contributed by atoms with Crippen LogP contribution in [-0.2, 0) is 6.42 Å². The van der Waals surface area contributed by atoms with E-state index in [9.17, 15) is 4.79 Å². The normalized spacial score (nSPS) is 15.3. The predicted molar refractivity (Wildman–Crippen MR) is 118 cm³/mol. The lowest BCUT2D eigenvalue weighted by Gasteiger charge is -2.37. The van der Waals surface area contributed by atoms with Crippen LogP contribution in [0, 0.1) is 6.92 Å². The molecule has 0 radical (unpaired) electrons. The molecule has 1 aliphatic heterocycles. The van der Waals surface area contributed by atoms with E-state index < -0.39 is 0 Å². The van der Waals surface area contributed by atoms with Crippen LogP contribution in [0.3, 0.4) is 0 Å². The van der Waals surface area contributed by atoms with E-state index in [1.807, 2.05) is 17.0 Å². The third-order valence-corrected chi connectivity index (χ3v) is 5.57. The number of aryl methyl sites for hydroxylation is 1. The number of hydrogen-bond acceptors (Lipinski definition) is 3.